The number of rotatable bonds is 5. The number of aromatic nitrogens is 2. The van der Waals surface area contributed by atoms with Crippen molar-refractivity contribution in [3.63, 3.8) is 0 Å². The lowest BCUT2D eigenvalue weighted by Gasteiger charge is -2.10. The summed E-state index contributed by atoms with van der Waals surface area (Å²) in [6, 6.07) is 2.25. The molecule has 0 aliphatic carbocycles. The van der Waals surface area contributed by atoms with Gasteiger partial charge in [-0.2, -0.15) is 0 Å². The van der Waals surface area contributed by atoms with Crippen molar-refractivity contribution in [3.05, 3.63) is 34.9 Å². The zero-order chi connectivity index (χ0) is 13.1. The van der Waals surface area contributed by atoms with Crippen molar-refractivity contribution >= 4 is 0 Å². The van der Waals surface area contributed by atoms with Crippen molar-refractivity contribution in [2.75, 3.05) is 0 Å². The summed E-state index contributed by atoms with van der Waals surface area (Å²) in [7, 11) is 0. The van der Waals surface area contributed by atoms with E-state index in [-0.39, 0.29) is 6.04 Å². The van der Waals surface area contributed by atoms with E-state index in [2.05, 4.69) is 28.5 Å². The molecule has 2 heterocycles. The molecule has 2 aromatic rings. The fourth-order valence-electron chi connectivity index (χ4n) is 1.93. The van der Waals surface area contributed by atoms with E-state index in [4.69, 9.17) is 8.83 Å². The summed E-state index contributed by atoms with van der Waals surface area (Å²) in [6.07, 6.45) is 0.766. The molecule has 0 amide bonds. The van der Waals surface area contributed by atoms with Gasteiger partial charge in [0.25, 0.3) is 0 Å². The predicted octanol–water partition coefficient (Wildman–Crippen LogP) is 2.69. The number of hydrogen-bond donors (Lipinski definition) is 1. The summed E-state index contributed by atoms with van der Waals surface area (Å²) >= 11 is 0. The smallest absolute Gasteiger partial charge is 0.230 e. The van der Waals surface area contributed by atoms with Gasteiger partial charge in [0.15, 0.2) is 0 Å². The van der Waals surface area contributed by atoms with Gasteiger partial charge in [-0.05, 0) is 26.8 Å². The number of nitrogens with one attached hydrogen (secondary N) is 1. The van der Waals surface area contributed by atoms with Crippen molar-refractivity contribution in [1.82, 2.24) is 15.5 Å². The summed E-state index contributed by atoms with van der Waals surface area (Å²) in [6.45, 7) is 8.58. The lowest BCUT2D eigenvalue weighted by atomic mass is 10.1. The molecule has 5 heteroatoms. The lowest BCUT2D eigenvalue weighted by molar-refractivity contribution is 0.419. The largest absolute Gasteiger partial charge is 0.466 e. The van der Waals surface area contributed by atoms with Gasteiger partial charge in [0.2, 0.25) is 11.8 Å². The van der Waals surface area contributed by atoms with Gasteiger partial charge in [0.1, 0.15) is 11.5 Å². The zero-order valence-electron chi connectivity index (χ0n) is 11.3. The molecule has 2 aromatic heterocycles. The lowest BCUT2D eigenvalue weighted by Crippen LogP contribution is -2.18. The highest BCUT2D eigenvalue weighted by atomic mass is 16.4. The molecule has 5 nitrogen and oxygen atoms in total. The molecule has 0 radical (unpaired) electrons. The number of aryl methyl sites for hydroxylation is 3. The third kappa shape index (κ3) is 2.79. The third-order valence-electron chi connectivity index (χ3n) is 2.92. The van der Waals surface area contributed by atoms with Crippen molar-refractivity contribution in [2.45, 2.75) is 46.7 Å². The van der Waals surface area contributed by atoms with Crippen LogP contribution in [0.3, 0.4) is 0 Å². The van der Waals surface area contributed by atoms with Crippen molar-refractivity contribution in [1.29, 1.82) is 0 Å². The molecule has 0 bridgehead atoms. The topological polar surface area (TPSA) is 64.1 Å². The van der Waals surface area contributed by atoms with Crippen molar-refractivity contribution in [2.24, 2.45) is 0 Å². The molecule has 0 fully saturated rings. The van der Waals surface area contributed by atoms with Gasteiger partial charge in [-0.15, -0.1) is 10.2 Å². The molecule has 1 atom stereocenters. The summed E-state index contributed by atoms with van der Waals surface area (Å²) in [5, 5.41) is 11.3. The molecule has 0 spiro atoms. The minimum Gasteiger partial charge on any atom is -0.466 e. The molecule has 98 valence electrons. The Kier molecular flexibility index (Phi) is 3.81. The third-order valence-corrected chi connectivity index (χ3v) is 2.92. The highest BCUT2D eigenvalue weighted by Crippen LogP contribution is 2.21. The van der Waals surface area contributed by atoms with Crippen molar-refractivity contribution < 1.29 is 8.83 Å². The van der Waals surface area contributed by atoms with Crippen LogP contribution in [-0.4, -0.2) is 10.2 Å². The standard InChI is InChI=1S/C13H19N3O2/c1-5-12-15-16-13(18-12)7-14-9(3)11-6-8(2)17-10(11)4/h6,9,14H,5,7H2,1-4H3. The van der Waals surface area contributed by atoms with E-state index in [1.54, 1.807) is 0 Å². The summed E-state index contributed by atoms with van der Waals surface area (Å²) in [5.74, 6) is 3.18. The van der Waals surface area contributed by atoms with Crippen LogP contribution in [0.5, 0.6) is 0 Å². The first-order valence-corrected chi connectivity index (χ1v) is 6.21. The van der Waals surface area contributed by atoms with Gasteiger partial charge in [-0.3, -0.25) is 0 Å². The zero-order valence-corrected chi connectivity index (χ0v) is 11.3. The monoisotopic (exact) mass is 249 g/mol. The maximum Gasteiger partial charge on any atom is 0.230 e. The van der Waals surface area contributed by atoms with Crippen LogP contribution in [0.15, 0.2) is 14.9 Å². The molecule has 0 saturated heterocycles. The average Bonchev–Trinajstić information content (AvgIpc) is 2.92. The van der Waals surface area contributed by atoms with Crippen LogP contribution in [0.25, 0.3) is 0 Å². The Bertz CT molecular complexity index is 516. The quantitative estimate of drug-likeness (QED) is 0.882. The number of furan rings is 1. The van der Waals surface area contributed by atoms with Crippen LogP contribution >= 0.6 is 0 Å². The van der Waals surface area contributed by atoms with E-state index in [1.165, 1.54) is 5.56 Å². The van der Waals surface area contributed by atoms with Gasteiger partial charge in [-0.1, -0.05) is 6.92 Å². The maximum absolute atomic E-state index is 5.52. The molecule has 0 aliphatic heterocycles. The molecule has 0 saturated carbocycles. The molecular formula is C13H19N3O2. The van der Waals surface area contributed by atoms with Crippen LogP contribution in [0.1, 0.15) is 48.8 Å². The Labute approximate surface area is 107 Å². The highest BCUT2D eigenvalue weighted by molar-refractivity contribution is 5.23. The Balaban J connectivity index is 1.95. The average molecular weight is 249 g/mol. The van der Waals surface area contributed by atoms with Crippen LogP contribution in [0, 0.1) is 13.8 Å². The fourth-order valence-corrected chi connectivity index (χ4v) is 1.93. The van der Waals surface area contributed by atoms with Gasteiger partial charge in [0, 0.05) is 18.0 Å². The molecule has 2 rings (SSSR count). The van der Waals surface area contributed by atoms with E-state index in [0.29, 0.717) is 18.3 Å². The first-order valence-electron chi connectivity index (χ1n) is 6.21. The van der Waals surface area contributed by atoms with Gasteiger partial charge in [-0.25, -0.2) is 0 Å². The maximum atomic E-state index is 5.52. The second kappa shape index (κ2) is 5.35. The van der Waals surface area contributed by atoms with Crippen LogP contribution in [0.2, 0.25) is 0 Å². The van der Waals surface area contributed by atoms with E-state index in [1.807, 2.05) is 20.8 Å². The first-order chi connectivity index (χ1) is 8.60. The molecule has 18 heavy (non-hydrogen) atoms. The molecule has 1 N–H and O–H groups in total. The molecule has 0 aromatic carbocycles. The summed E-state index contributed by atoms with van der Waals surface area (Å²) in [5.41, 5.74) is 1.17. The first kappa shape index (κ1) is 12.8. The Morgan fingerprint density at radius 3 is 2.50 bits per heavy atom. The van der Waals surface area contributed by atoms with Gasteiger partial charge < -0.3 is 14.2 Å². The van der Waals surface area contributed by atoms with E-state index in [0.717, 1.165) is 17.9 Å². The normalized spacial score (nSPS) is 12.9. The molecule has 1 unspecified atom stereocenters. The molecular weight excluding hydrogens is 230 g/mol. The number of nitrogens with zero attached hydrogens (tertiary/aromatic N) is 2. The Hall–Kier alpha value is -1.62. The second-order valence-corrected chi connectivity index (χ2v) is 4.41. The van der Waals surface area contributed by atoms with E-state index in [9.17, 15) is 0 Å². The van der Waals surface area contributed by atoms with Crippen LogP contribution in [-0.2, 0) is 13.0 Å². The minimum atomic E-state index is 0.194. The second-order valence-electron chi connectivity index (χ2n) is 4.41. The summed E-state index contributed by atoms with van der Waals surface area (Å²) in [4.78, 5) is 0. The predicted molar refractivity (Wildman–Crippen MR) is 67.1 cm³/mol. The van der Waals surface area contributed by atoms with E-state index >= 15 is 0 Å². The summed E-state index contributed by atoms with van der Waals surface area (Å²) < 4.78 is 11.0. The van der Waals surface area contributed by atoms with Crippen LogP contribution < -0.4 is 5.32 Å². The molecule has 0 aliphatic rings. The Morgan fingerprint density at radius 2 is 1.94 bits per heavy atom. The minimum absolute atomic E-state index is 0.194. The van der Waals surface area contributed by atoms with Crippen molar-refractivity contribution in [3.8, 4) is 0 Å². The van der Waals surface area contributed by atoms with Crippen LogP contribution in [0.4, 0.5) is 0 Å². The number of hydrogen-bond acceptors (Lipinski definition) is 5. The van der Waals surface area contributed by atoms with Gasteiger partial charge in [0.05, 0.1) is 6.54 Å². The van der Waals surface area contributed by atoms with Gasteiger partial charge >= 0.3 is 0 Å². The fraction of sp³-hybridized carbons (Fsp3) is 0.538. The van der Waals surface area contributed by atoms with E-state index < -0.39 is 0 Å². The SMILES string of the molecule is CCc1nnc(CNC(C)c2cc(C)oc2C)o1. The highest BCUT2D eigenvalue weighted by Gasteiger charge is 2.13. The Morgan fingerprint density at radius 1 is 1.22 bits per heavy atom.